The lowest BCUT2D eigenvalue weighted by Crippen LogP contribution is -2.27. The molecule has 2 rings (SSSR count). The number of amides is 2. The first-order valence-corrected chi connectivity index (χ1v) is 7.89. The van der Waals surface area contributed by atoms with E-state index in [0.717, 1.165) is 5.56 Å². The summed E-state index contributed by atoms with van der Waals surface area (Å²) in [5.41, 5.74) is 1.66. The molecule has 6 heteroatoms. The highest BCUT2D eigenvalue weighted by Crippen LogP contribution is 2.15. The van der Waals surface area contributed by atoms with Crippen molar-refractivity contribution in [2.24, 2.45) is 0 Å². The predicted octanol–water partition coefficient (Wildman–Crippen LogP) is 2.31. The Balaban J connectivity index is 1.72. The number of benzene rings is 2. The minimum absolute atomic E-state index is 0.0218. The van der Waals surface area contributed by atoms with Crippen LogP contribution in [0.15, 0.2) is 54.6 Å². The van der Waals surface area contributed by atoms with Crippen LogP contribution in [0.25, 0.3) is 0 Å². The normalized spacial score (nSPS) is 10.2. The molecule has 6 nitrogen and oxygen atoms in total. The van der Waals surface area contributed by atoms with Crippen LogP contribution < -0.4 is 10.1 Å². The predicted molar refractivity (Wildman–Crippen MR) is 95.4 cm³/mol. The fraction of sp³-hybridized carbons (Fsp3) is 0.263. The number of nitrogens with one attached hydrogen (secondary N) is 1. The fourth-order valence-electron chi connectivity index (χ4n) is 1.94. The Labute approximate surface area is 147 Å². The molecule has 25 heavy (non-hydrogen) atoms. The molecule has 0 bridgehead atoms. The molecule has 1 N–H and O–H groups in total. The van der Waals surface area contributed by atoms with Gasteiger partial charge in [0, 0.05) is 19.8 Å². The van der Waals surface area contributed by atoms with Gasteiger partial charge in [0.1, 0.15) is 12.4 Å². The molecule has 2 aromatic carbocycles. The molecule has 2 amide bonds. The number of nitrogens with zero attached hydrogens (tertiary/aromatic N) is 1. The Morgan fingerprint density at radius 2 is 1.64 bits per heavy atom. The molecule has 0 unspecified atom stereocenters. The first-order chi connectivity index (χ1) is 12.0. The Kier molecular flexibility index (Phi) is 6.98. The number of rotatable bonds is 8. The zero-order valence-electron chi connectivity index (χ0n) is 14.4. The average molecular weight is 342 g/mol. The molecule has 0 heterocycles. The summed E-state index contributed by atoms with van der Waals surface area (Å²) >= 11 is 0. The van der Waals surface area contributed by atoms with Gasteiger partial charge in [0.2, 0.25) is 5.91 Å². The summed E-state index contributed by atoms with van der Waals surface area (Å²) in [5.74, 6) is 0.217. The maximum absolute atomic E-state index is 11.9. The van der Waals surface area contributed by atoms with Crippen molar-refractivity contribution in [1.29, 1.82) is 0 Å². The molecular formula is C19H22N2O4. The Hall–Kier alpha value is -2.86. The lowest BCUT2D eigenvalue weighted by molar-refractivity contribution is -0.130. The van der Waals surface area contributed by atoms with Crippen LogP contribution >= 0.6 is 0 Å². The third kappa shape index (κ3) is 6.64. The molecule has 0 saturated carbocycles. The summed E-state index contributed by atoms with van der Waals surface area (Å²) in [6.07, 6.45) is 0. The molecule has 0 fully saturated rings. The number of carbonyl (C=O) groups excluding carboxylic acids is 2. The summed E-state index contributed by atoms with van der Waals surface area (Å²) in [5, 5.41) is 2.74. The lowest BCUT2D eigenvalue weighted by atomic mass is 10.2. The van der Waals surface area contributed by atoms with E-state index in [1.165, 1.54) is 4.90 Å². The third-order valence-electron chi connectivity index (χ3n) is 3.34. The first kappa shape index (κ1) is 18.5. The largest absolute Gasteiger partial charge is 0.484 e. The van der Waals surface area contributed by atoms with Gasteiger partial charge in [-0.1, -0.05) is 30.3 Å². The van der Waals surface area contributed by atoms with Gasteiger partial charge in [0.15, 0.2) is 6.61 Å². The molecule has 0 aliphatic rings. The van der Waals surface area contributed by atoms with Gasteiger partial charge >= 0.3 is 0 Å². The lowest BCUT2D eigenvalue weighted by Gasteiger charge is -2.12. The smallest absolute Gasteiger partial charge is 0.259 e. The van der Waals surface area contributed by atoms with Crippen molar-refractivity contribution >= 4 is 17.5 Å². The molecule has 0 atom stereocenters. The molecule has 132 valence electrons. The van der Waals surface area contributed by atoms with Gasteiger partial charge in [-0.15, -0.1) is 0 Å². The molecule has 0 aromatic heterocycles. The van der Waals surface area contributed by atoms with Crippen LogP contribution in [-0.2, 0) is 20.9 Å². The van der Waals surface area contributed by atoms with Crippen LogP contribution in [0.5, 0.6) is 5.75 Å². The highest BCUT2D eigenvalue weighted by atomic mass is 16.5. The van der Waals surface area contributed by atoms with Crippen LogP contribution in [0.3, 0.4) is 0 Å². The number of likely N-dealkylation sites (N-methyl/N-ethyl adjacent to an activating group) is 1. The second-order valence-electron chi connectivity index (χ2n) is 5.63. The van der Waals surface area contributed by atoms with Crippen molar-refractivity contribution in [3.8, 4) is 5.75 Å². The maximum Gasteiger partial charge on any atom is 0.259 e. The zero-order chi connectivity index (χ0) is 18.1. The van der Waals surface area contributed by atoms with Crippen molar-refractivity contribution in [3.63, 3.8) is 0 Å². The van der Waals surface area contributed by atoms with E-state index in [1.807, 2.05) is 30.3 Å². The number of anilines is 1. The summed E-state index contributed by atoms with van der Waals surface area (Å²) < 4.78 is 10.8. The monoisotopic (exact) mass is 342 g/mol. The third-order valence-corrected chi connectivity index (χ3v) is 3.34. The average Bonchev–Trinajstić information content (AvgIpc) is 2.61. The van der Waals surface area contributed by atoms with Gasteiger partial charge < -0.3 is 19.7 Å². The highest BCUT2D eigenvalue weighted by molar-refractivity contribution is 5.91. The molecule has 2 aromatic rings. The molecule has 0 radical (unpaired) electrons. The van der Waals surface area contributed by atoms with Crippen molar-refractivity contribution in [1.82, 2.24) is 4.90 Å². The standard InChI is InChI=1S/C19H22N2O4/c1-21(2)19(23)14-25-17-10-8-16(9-11-17)20-18(22)13-24-12-15-6-4-3-5-7-15/h3-11H,12-14H2,1-2H3,(H,20,22). The summed E-state index contributed by atoms with van der Waals surface area (Å²) in [6, 6.07) is 16.5. The topological polar surface area (TPSA) is 67.9 Å². The molecule has 0 saturated heterocycles. The second-order valence-corrected chi connectivity index (χ2v) is 5.63. The van der Waals surface area contributed by atoms with Crippen molar-refractivity contribution in [2.75, 3.05) is 32.6 Å². The minimum Gasteiger partial charge on any atom is -0.484 e. The van der Waals surface area contributed by atoms with E-state index < -0.39 is 0 Å². The highest BCUT2D eigenvalue weighted by Gasteiger charge is 2.06. The molecule has 0 aliphatic carbocycles. The van der Waals surface area contributed by atoms with Gasteiger partial charge in [-0.25, -0.2) is 0 Å². The Morgan fingerprint density at radius 1 is 0.960 bits per heavy atom. The van der Waals surface area contributed by atoms with Crippen molar-refractivity contribution in [2.45, 2.75) is 6.61 Å². The number of carbonyl (C=O) groups is 2. The van der Waals surface area contributed by atoms with E-state index in [1.54, 1.807) is 38.4 Å². The summed E-state index contributed by atoms with van der Waals surface area (Å²) in [6.45, 7) is 0.345. The SMILES string of the molecule is CN(C)C(=O)COc1ccc(NC(=O)COCc2ccccc2)cc1. The Bertz CT molecular complexity index is 684. The summed E-state index contributed by atoms with van der Waals surface area (Å²) in [4.78, 5) is 24.8. The maximum atomic E-state index is 11.9. The van der Waals surface area contributed by atoms with E-state index in [4.69, 9.17) is 9.47 Å². The van der Waals surface area contributed by atoms with E-state index in [-0.39, 0.29) is 25.0 Å². The molecule has 0 spiro atoms. The first-order valence-electron chi connectivity index (χ1n) is 7.89. The van der Waals surface area contributed by atoms with Crippen LogP contribution in [0.1, 0.15) is 5.56 Å². The van der Waals surface area contributed by atoms with Gasteiger partial charge in [-0.3, -0.25) is 9.59 Å². The van der Waals surface area contributed by atoms with E-state index in [9.17, 15) is 9.59 Å². The van der Waals surface area contributed by atoms with E-state index in [0.29, 0.717) is 18.0 Å². The van der Waals surface area contributed by atoms with Crippen molar-refractivity contribution < 1.29 is 19.1 Å². The number of hydrogen-bond acceptors (Lipinski definition) is 4. The zero-order valence-corrected chi connectivity index (χ0v) is 14.4. The van der Waals surface area contributed by atoms with Crippen LogP contribution in [0.2, 0.25) is 0 Å². The Morgan fingerprint density at radius 3 is 2.28 bits per heavy atom. The van der Waals surface area contributed by atoms with Crippen LogP contribution in [-0.4, -0.2) is 44.0 Å². The minimum atomic E-state index is -0.229. The second kappa shape index (κ2) is 9.44. The van der Waals surface area contributed by atoms with Gasteiger partial charge in [0.25, 0.3) is 5.91 Å². The van der Waals surface area contributed by atoms with Crippen LogP contribution in [0.4, 0.5) is 5.69 Å². The van der Waals surface area contributed by atoms with Crippen LogP contribution in [0, 0.1) is 0 Å². The van der Waals surface area contributed by atoms with Crippen molar-refractivity contribution in [3.05, 3.63) is 60.2 Å². The molecular weight excluding hydrogens is 320 g/mol. The van der Waals surface area contributed by atoms with E-state index in [2.05, 4.69) is 5.32 Å². The number of ether oxygens (including phenoxy) is 2. The molecule has 0 aliphatic heterocycles. The summed E-state index contributed by atoms with van der Waals surface area (Å²) in [7, 11) is 3.34. The van der Waals surface area contributed by atoms with E-state index >= 15 is 0 Å². The van der Waals surface area contributed by atoms with Gasteiger partial charge in [0.05, 0.1) is 6.61 Å². The van der Waals surface area contributed by atoms with Gasteiger partial charge in [-0.2, -0.15) is 0 Å². The fourth-order valence-corrected chi connectivity index (χ4v) is 1.94. The van der Waals surface area contributed by atoms with Gasteiger partial charge in [-0.05, 0) is 29.8 Å². The quantitative estimate of drug-likeness (QED) is 0.799. The number of hydrogen-bond donors (Lipinski definition) is 1.